The molecule has 4 N–H and O–H groups in total. The summed E-state index contributed by atoms with van der Waals surface area (Å²) in [6.07, 6.45) is -1.13. The first-order valence-corrected chi connectivity index (χ1v) is 10.7. The van der Waals surface area contributed by atoms with Gasteiger partial charge in [0.25, 0.3) is 0 Å². The van der Waals surface area contributed by atoms with Crippen LogP contribution in [0.15, 0.2) is 24.3 Å². The van der Waals surface area contributed by atoms with Crippen LogP contribution < -0.4 is 20.7 Å². The molecule has 3 atom stereocenters. The van der Waals surface area contributed by atoms with E-state index < -0.39 is 30.0 Å². The van der Waals surface area contributed by atoms with E-state index in [-0.39, 0.29) is 24.9 Å². The Hall–Kier alpha value is -3.09. The fourth-order valence-electron chi connectivity index (χ4n) is 3.37. The second-order valence-corrected chi connectivity index (χ2v) is 7.95. The summed E-state index contributed by atoms with van der Waals surface area (Å²) in [5, 5.41) is 18.4. The van der Waals surface area contributed by atoms with Crippen molar-refractivity contribution in [2.24, 2.45) is 5.92 Å². The number of benzene rings is 1. The van der Waals surface area contributed by atoms with Gasteiger partial charge in [-0.2, -0.15) is 0 Å². The Bertz CT molecular complexity index is 875. The lowest BCUT2D eigenvalue weighted by Gasteiger charge is -2.33. The minimum Gasteiger partial charge on any atom is -0.491 e. The van der Waals surface area contributed by atoms with Crippen molar-refractivity contribution in [3.05, 3.63) is 29.8 Å². The van der Waals surface area contributed by atoms with Gasteiger partial charge in [-0.15, -0.1) is 0 Å². The van der Waals surface area contributed by atoms with Gasteiger partial charge in [-0.05, 0) is 25.0 Å². The van der Waals surface area contributed by atoms with E-state index >= 15 is 0 Å². The molecule has 1 aromatic rings. The maximum Gasteiger partial charge on any atom is 0.245 e. The van der Waals surface area contributed by atoms with Crippen molar-refractivity contribution in [3.8, 4) is 17.6 Å². The van der Waals surface area contributed by atoms with Crippen LogP contribution in [-0.2, 0) is 14.4 Å². The summed E-state index contributed by atoms with van der Waals surface area (Å²) in [5.41, 5.74) is 0.687. The van der Waals surface area contributed by atoms with Crippen molar-refractivity contribution < 1.29 is 24.2 Å². The van der Waals surface area contributed by atoms with Crippen molar-refractivity contribution in [2.75, 3.05) is 33.3 Å². The average Bonchev–Trinajstić information content (AvgIpc) is 2.74. The van der Waals surface area contributed by atoms with Crippen LogP contribution in [0.3, 0.4) is 0 Å². The van der Waals surface area contributed by atoms with E-state index in [4.69, 9.17) is 4.74 Å². The van der Waals surface area contributed by atoms with Crippen LogP contribution in [0.2, 0.25) is 0 Å². The molecule has 0 radical (unpaired) electrons. The van der Waals surface area contributed by atoms with Crippen molar-refractivity contribution in [1.29, 1.82) is 0 Å². The van der Waals surface area contributed by atoms with Gasteiger partial charge in [0, 0.05) is 13.6 Å². The summed E-state index contributed by atoms with van der Waals surface area (Å²) in [7, 11) is 1.47. The molecule has 9 nitrogen and oxygen atoms in total. The third-order valence-corrected chi connectivity index (χ3v) is 5.05. The molecule has 2 rings (SSSR count). The second kappa shape index (κ2) is 12.1. The van der Waals surface area contributed by atoms with Gasteiger partial charge in [0.15, 0.2) is 0 Å². The zero-order valence-corrected chi connectivity index (χ0v) is 19.0. The summed E-state index contributed by atoms with van der Waals surface area (Å²) in [6, 6.07) is 5.59. The number of carbonyl (C=O) groups is 3. The Morgan fingerprint density at radius 1 is 1.16 bits per heavy atom. The second-order valence-electron chi connectivity index (χ2n) is 7.95. The average molecular weight is 445 g/mol. The van der Waals surface area contributed by atoms with E-state index in [0.717, 1.165) is 0 Å². The summed E-state index contributed by atoms with van der Waals surface area (Å²) >= 11 is 0. The van der Waals surface area contributed by atoms with Gasteiger partial charge in [-0.3, -0.25) is 14.4 Å². The van der Waals surface area contributed by atoms with Crippen LogP contribution in [0.1, 0.15) is 26.3 Å². The number of nitrogens with zero attached hydrogens (tertiary/aromatic N) is 1. The third-order valence-electron chi connectivity index (χ3n) is 5.05. The SMILES string of the molecule is CC(C)C1NCCOc2ccccc2C#CCNC(=O)CNC(=O)C(C(C)O)N(C)C1=O. The number of aliphatic hydroxyl groups excluding tert-OH is 1. The predicted molar refractivity (Wildman–Crippen MR) is 120 cm³/mol. The molecule has 0 aliphatic carbocycles. The highest BCUT2D eigenvalue weighted by molar-refractivity contribution is 5.92. The predicted octanol–water partition coefficient (Wildman–Crippen LogP) is -0.515. The monoisotopic (exact) mass is 444 g/mol. The lowest BCUT2D eigenvalue weighted by Crippen LogP contribution is -2.59. The number of ether oxygens (including phenoxy) is 1. The van der Waals surface area contributed by atoms with Gasteiger partial charge in [-0.1, -0.05) is 37.8 Å². The first-order valence-electron chi connectivity index (χ1n) is 10.7. The summed E-state index contributed by atoms with van der Waals surface area (Å²) in [4.78, 5) is 39.1. The normalized spacial score (nSPS) is 22.3. The first kappa shape index (κ1) is 25.2. The maximum absolute atomic E-state index is 13.1. The van der Waals surface area contributed by atoms with E-state index in [2.05, 4.69) is 27.8 Å². The molecule has 174 valence electrons. The van der Waals surface area contributed by atoms with Gasteiger partial charge >= 0.3 is 0 Å². The van der Waals surface area contributed by atoms with Crippen LogP contribution in [0.25, 0.3) is 0 Å². The minimum absolute atomic E-state index is 0.0720. The highest BCUT2D eigenvalue weighted by Crippen LogP contribution is 2.16. The van der Waals surface area contributed by atoms with Gasteiger partial charge in [0.2, 0.25) is 17.7 Å². The number of likely N-dealkylation sites (N-methyl/N-ethyl adjacent to an activating group) is 1. The molecule has 1 aliphatic heterocycles. The summed E-state index contributed by atoms with van der Waals surface area (Å²) < 4.78 is 5.84. The molecule has 0 aromatic heterocycles. The summed E-state index contributed by atoms with van der Waals surface area (Å²) in [5.74, 6) is 4.99. The van der Waals surface area contributed by atoms with Crippen molar-refractivity contribution in [2.45, 2.75) is 39.0 Å². The number of rotatable bonds is 2. The molecule has 9 heteroatoms. The molecule has 1 heterocycles. The zero-order chi connectivity index (χ0) is 23.7. The lowest BCUT2D eigenvalue weighted by atomic mass is 10.0. The van der Waals surface area contributed by atoms with E-state index in [1.807, 2.05) is 38.1 Å². The number of para-hydroxylation sites is 1. The molecule has 0 spiro atoms. The van der Waals surface area contributed by atoms with Crippen LogP contribution in [0.4, 0.5) is 0 Å². The first-order chi connectivity index (χ1) is 15.2. The standard InChI is InChI=1S/C23H32N4O5/c1-15(2)20-23(31)27(4)21(16(3)28)22(30)26-14-19(29)24-11-7-9-17-8-5-6-10-18(17)32-13-12-25-20/h5-6,8,10,15-16,20-21,25,28H,11-14H2,1-4H3,(H,24,29)(H,26,30). The van der Waals surface area contributed by atoms with Gasteiger partial charge < -0.3 is 30.7 Å². The van der Waals surface area contributed by atoms with E-state index in [0.29, 0.717) is 24.5 Å². The van der Waals surface area contributed by atoms with Crippen molar-refractivity contribution in [3.63, 3.8) is 0 Å². The number of aliphatic hydroxyl groups is 1. The quantitative estimate of drug-likeness (QED) is 0.456. The number of amides is 3. The smallest absolute Gasteiger partial charge is 0.245 e. The fraction of sp³-hybridized carbons (Fsp3) is 0.522. The Balaban J connectivity index is 2.28. The highest BCUT2D eigenvalue weighted by atomic mass is 16.5. The molecule has 0 fully saturated rings. The number of hydrogen-bond donors (Lipinski definition) is 4. The van der Waals surface area contributed by atoms with Crippen LogP contribution >= 0.6 is 0 Å². The number of carbonyl (C=O) groups excluding carboxylic acids is 3. The fourth-order valence-corrected chi connectivity index (χ4v) is 3.37. The van der Waals surface area contributed by atoms with Crippen molar-refractivity contribution >= 4 is 17.7 Å². The molecule has 0 bridgehead atoms. The third kappa shape index (κ3) is 6.97. The van der Waals surface area contributed by atoms with Crippen LogP contribution in [0, 0.1) is 17.8 Å². The van der Waals surface area contributed by atoms with Gasteiger partial charge in [0.1, 0.15) is 18.4 Å². The Kier molecular flexibility index (Phi) is 9.50. The molecule has 3 unspecified atom stereocenters. The molecule has 0 saturated carbocycles. The van der Waals surface area contributed by atoms with E-state index in [1.54, 1.807) is 0 Å². The summed E-state index contributed by atoms with van der Waals surface area (Å²) in [6.45, 7) is 5.71. The van der Waals surface area contributed by atoms with Crippen LogP contribution in [0.5, 0.6) is 5.75 Å². The number of hydrogen-bond acceptors (Lipinski definition) is 6. The molecule has 32 heavy (non-hydrogen) atoms. The largest absolute Gasteiger partial charge is 0.491 e. The minimum atomic E-state index is -1.14. The van der Waals surface area contributed by atoms with Crippen molar-refractivity contribution in [1.82, 2.24) is 20.9 Å². The highest BCUT2D eigenvalue weighted by Gasteiger charge is 2.35. The molecular formula is C23H32N4O5. The number of nitrogens with one attached hydrogen (secondary N) is 3. The Morgan fingerprint density at radius 2 is 1.88 bits per heavy atom. The number of fused-ring (bicyclic) bond motifs is 1. The molecule has 1 aromatic carbocycles. The molecular weight excluding hydrogens is 412 g/mol. The molecule has 0 saturated heterocycles. The topological polar surface area (TPSA) is 120 Å². The lowest BCUT2D eigenvalue weighted by molar-refractivity contribution is -0.145. The zero-order valence-electron chi connectivity index (χ0n) is 19.0. The van der Waals surface area contributed by atoms with E-state index in [1.165, 1.54) is 18.9 Å². The van der Waals surface area contributed by atoms with E-state index in [9.17, 15) is 19.5 Å². The maximum atomic E-state index is 13.1. The van der Waals surface area contributed by atoms with Crippen LogP contribution in [-0.4, -0.2) is 79.2 Å². The van der Waals surface area contributed by atoms with Gasteiger partial charge in [-0.25, -0.2) is 0 Å². The Morgan fingerprint density at radius 3 is 2.56 bits per heavy atom. The van der Waals surface area contributed by atoms with Gasteiger partial charge in [0.05, 0.1) is 30.8 Å². The molecule has 3 amide bonds. The molecule has 1 aliphatic rings. The Labute approximate surface area is 188 Å².